The van der Waals surface area contributed by atoms with Gasteiger partial charge in [0.05, 0.1) is 11.3 Å². The van der Waals surface area contributed by atoms with E-state index in [1.54, 1.807) is 30.3 Å². The molecule has 3 rings (SSSR count). The highest BCUT2D eigenvalue weighted by molar-refractivity contribution is 6.07. The van der Waals surface area contributed by atoms with Gasteiger partial charge in [0.2, 0.25) is 5.91 Å². The van der Waals surface area contributed by atoms with E-state index in [-0.39, 0.29) is 11.8 Å². The maximum absolute atomic E-state index is 12.6. The molecule has 0 spiro atoms. The molecule has 4 heteroatoms. The Bertz CT molecular complexity index is 977. The number of rotatable bonds is 6. The van der Waals surface area contributed by atoms with Gasteiger partial charge in [-0.3, -0.25) is 9.59 Å². The second kappa shape index (κ2) is 9.33. The average Bonchev–Trinajstić information content (AvgIpc) is 2.73. The van der Waals surface area contributed by atoms with Crippen molar-refractivity contribution in [3.05, 3.63) is 107 Å². The third-order valence-corrected chi connectivity index (χ3v) is 4.23. The van der Waals surface area contributed by atoms with Crippen molar-refractivity contribution in [2.45, 2.75) is 13.5 Å². The molecule has 28 heavy (non-hydrogen) atoms. The molecule has 0 aliphatic rings. The van der Waals surface area contributed by atoms with Gasteiger partial charge in [-0.05, 0) is 36.3 Å². The second-order valence-electron chi connectivity index (χ2n) is 6.45. The number of carbonyl (C=O) groups excluding carboxylic acids is 2. The van der Waals surface area contributed by atoms with E-state index in [0.717, 1.165) is 16.7 Å². The van der Waals surface area contributed by atoms with Gasteiger partial charge in [-0.15, -0.1) is 0 Å². The number of nitrogens with one attached hydrogen (secondary N) is 2. The zero-order valence-corrected chi connectivity index (χ0v) is 15.7. The van der Waals surface area contributed by atoms with Crippen molar-refractivity contribution in [1.82, 2.24) is 5.32 Å². The smallest absolute Gasteiger partial charge is 0.253 e. The molecular weight excluding hydrogens is 348 g/mol. The van der Waals surface area contributed by atoms with Crippen LogP contribution in [0, 0.1) is 6.92 Å². The Kier molecular flexibility index (Phi) is 6.37. The van der Waals surface area contributed by atoms with Crippen molar-refractivity contribution in [2.75, 3.05) is 5.32 Å². The summed E-state index contributed by atoms with van der Waals surface area (Å²) in [5, 5.41) is 5.67. The molecule has 0 aromatic heterocycles. The molecule has 3 aromatic carbocycles. The van der Waals surface area contributed by atoms with Crippen molar-refractivity contribution in [2.24, 2.45) is 0 Å². The highest BCUT2D eigenvalue weighted by Crippen LogP contribution is 2.15. The Balaban J connectivity index is 1.65. The van der Waals surface area contributed by atoms with E-state index in [1.165, 1.54) is 6.08 Å². The molecule has 0 aliphatic carbocycles. The van der Waals surface area contributed by atoms with Crippen LogP contribution >= 0.6 is 0 Å². The van der Waals surface area contributed by atoms with E-state index >= 15 is 0 Å². The molecule has 0 atom stereocenters. The molecule has 140 valence electrons. The fraction of sp³-hybridized carbons (Fsp3) is 0.0833. The average molecular weight is 370 g/mol. The predicted octanol–water partition coefficient (Wildman–Crippen LogP) is 4.58. The highest BCUT2D eigenvalue weighted by atomic mass is 16.2. The predicted molar refractivity (Wildman–Crippen MR) is 113 cm³/mol. The fourth-order valence-electron chi connectivity index (χ4n) is 2.69. The summed E-state index contributed by atoms with van der Waals surface area (Å²) in [5.41, 5.74) is 4.02. The van der Waals surface area contributed by atoms with Gasteiger partial charge in [-0.25, -0.2) is 0 Å². The molecule has 0 saturated heterocycles. The van der Waals surface area contributed by atoms with E-state index in [4.69, 9.17) is 0 Å². The van der Waals surface area contributed by atoms with Gasteiger partial charge in [-0.1, -0.05) is 72.3 Å². The third-order valence-electron chi connectivity index (χ3n) is 4.23. The second-order valence-corrected chi connectivity index (χ2v) is 6.45. The maximum atomic E-state index is 12.6. The van der Waals surface area contributed by atoms with E-state index in [0.29, 0.717) is 17.8 Å². The van der Waals surface area contributed by atoms with Crippen LogP contribution in [0.25, 0.3) is 6.08 Å². The summed E-state index contributed by atoms with van der Waals surface area (Å²) in [5.74, 6) is -0.522. The zero-order chi connectivity index (χ0) is 19.8. The molecule has 0 saturated carbocycles. The Labute approximate surface area is 164 Å². The summed E-state index contributed by atoms with van der Waals surface area (Å²) in [7, 11) is 0. The number of hydrogen-bond donors (Lipinski definition) is 2. The Morgan fingerprint density at radius 3 is 2.29 bits per heavy atom. The number of benzene rings is 3. The molecule has 0 bridgehead atoms. The number of para-hydroxylation sites is 1. The first-order valence-electron chi connectivity index (χ1n) is 9.09. The molecule has 0 heterocycles. The quantitative estimate of drug-likeness (QED) is 0.624. The lowest BCUT2D eigenvalue weighted by atomic mass is 10.1. The number of hydrogen-bond acceptors (Lipinski definition) is 2. The first kappa shape index (κ1) is 19.1. The van der Waals surface area contributed by atoms with Gasteiger partial charge in [-0.2, -0.15) is 0 Å². The summed E-state index contributed by atoms with van der Waals surface area (Å²) in [6.45, 7) is 2.44. The first-order valence-corrected chi connectivity index (χ1v) is 9.09. The minimum absolute atomic E-state index is 0.234. The summed E-state index contributed by atoms with van der Waals surface area (Å²) < 4.78 is 0. The molecule has 0 radical (unpaired) electrons. The van der Waals surface area contributed by atoms with Crippen LogP contribution in [0.5, 0.6) is 0 Å². The standard InChI is InChI=1S/C24H22N2O2/c1-18-11-13-19(14-12-18)15-16-23(27)26-22-10-6-5-9-21(22)24(28)25-17-20-7-3-2-4-8-20/h2-16H,17H2,1H3,(H,25,28)(H,26,27)/b16-15+. The number of aryl methyl sites for hydroxylation is 1. The van der Waals surface area contributed by atoms with Crippen LogP contribution < -0.4 is 10.6 Å². The topological polar surface area (TPSA) is 58.2 Å². The molecule has 3 aromatic rings. The normalized spacial score (nSPS) is 10.6. The molecular formula is C24H22N2O2. The van der Waals surface area contributed by atoms with Crippen LogP contribution in [0.1, 0.15) is 27.0 Å². The Hall–Kier alpha value is -3.66. The minimum atomic E-state index is -0.288. The highest BCUT2D eigenvalue weighted by Gasteiger charge is 2.12. The fourth-order valence-corrected chi connectivity index (χ4v) is 2.69. The minimum Gasteiger partial charge on any atom is -0.348 e. The lowest BCUT2D eigenvalue weighted by Gasteiger charge is -2.10. The summed E-state index contributed by atoms with van der Waals surface area (Å²) in [6, 6.07) is 24.5. The van der Waals surface area contributed by atoms with Gasteiger partial charge >= 0.3 is 0 Å². The lowest BCUT2D eigenvalue weighted by molar-refractivity contribution is -0.111. The molecule has 0 unspecified atom stereocenters. The van der Waals surface area contributed by atoms with E-state index in [2.05, 4.69) is 10.6 Å². The lowest BCUT2D eigenvalue weighted by Crippen LogP contribution is -2.24. The van der Waals surface area contributed by atoms with E-state index in [9.17, 15) is 9.59 Å². The van der Waals surface area contributed by atoms with Crippen molar-refractivity contribution in [3.63, 3.8) is 0 Å². The van der Waals surface area contributed by atoms with Gasteiger partial charge in [0.15, 0.2) is 0 Å². The van der Waals surface area contributed by atoms with Gasteiger partial charge in [0.1, 0.15) is 0 Å². The SMILES string of the molecule is Cc1ccc(/C=C/C(=O)Nc2ccccc2C(=O)NCc2ccccc2)cc1. The van der Waals surface area contributed by atoms with Crippen LogP contribution in [0.3, 0.4) is 0 Å². The zero-order valence-electron chi connectivity index (χ0n) is 15.7. The third kappa shape index (κ3) is 5.42. The van der Waals surface area contributed by atoms with Crippen LogP contribution in [-0.2, 0) is 11.3 Å². The van der Waals surface area contributed by atoms with Crippen molar-refractivity contribution < 1.29 is 9.59 Å². The Morgan fingerprint density at radius 1 is 0.857 bits per heavy atom. The molecule has 4 nitrogen and oxygen atoms in total. The molecule has 2 amide bonds. The maximum Gasteiger partial charge on any atom is 0.253 e. The van der Waals surface area contributed by atoms with Crippen LogP contribution in [0.4, 0.5) is 5.69 Å². The summed E-state index contributed by atoms with van der Waals surface area (Å²) in [6.07, 6.45) is 3.20. The van der Waals surface area contributed by atoms with Gasteiger partial charge in [0, 0.05) is 12.6 Å². The molecule has 2 N–H and O–H groups in total. The Morgan fingerprint density at radius 2 is 1.54 bits per heavy atom. The number of amides is 2. The van der Waals surface area contributed by atoms with E-state index < -0.39 is 0 Å². The van der Waals surface area contributed by atoms with Gasteiger partial charge < -0.3 is 10.6 Å². The van der Waals surface area contributed by atoms with Crippen molar-refractivity contribution in [1.29, 1.82) is 0 Å². The van der Waals surface area contributed by atoms with Crippen LogP contribution in [-0.4, -0.2) is 11.8 Å². The van der Waals surface area contributed by atoms with Crippen molar-refractivity contribution in [3.8, 4) is 0 Å². The van der Waals surface area contributed by atoms with Crippen LogP contribution in [0.15, 0.2) is 84.9 Å². The monoisotopic (exact) mass is 370 g/mol. The molecule has 0 fully saturated rings. The largest absolute Gasteiger partial charge is 0.348 e. The number of carbonyl (C=O) groups is 2. The van der Waals surface area contributed by atoms with Crippen LogP contribution in [0.2, 0.25) is 0 Å². The summed E-state index contributed by atoms with van der Waals surface area (Å²) >= 11 is 0. The van der Waals surface area contributed by atoms with Gasteiger partial charge in [0.25, 0.3) is 5.91 Å². The van der Waals surface area contributed by atoms with Crippen molar-refractivity contribution >= 4 is 23.6 Å². The van der Waals surface area contributed by atoms with E-state index in [1.807, 2.05) is 61.5 Å². The molecule has 0 aliphatic heterocycles. The first-order chi connectivity index (χ1) is 13.6. The summed E-state index contributed by atoms with van der Waals surface area (Å²) in [4.78, 5) is 24.8. The number of anilines is 1.